The van der Waals surface area contributed by atoms with Crippen LogP contribution in [-0.2, 0) is 16.1 Å². The van der Waals surface area contributed by atoms with Crippen LogP contribution in [0.15, 0.2) is 54.6 Å². The number of para-hydroxylation sites is 2. The highest BCUT2D eigenvalue weighted by molar-refractivity contribution is 5.99. The summed E-state index contributed by atoms with van der Waals surface area (Å²) >= 11 is 0. The zero-order valence-electron chi connectivity index (χ0n) is 14.8. The quantitative estimate of drug-likeness (QED) is 0.863. The lowest BCUT2D eigenvalue weighted by atomic mass is 10.2. The Balaban J connectivity index is 1.61. The first kappa shape index (κ1) is 17.8. The van der Waals surface area contributed by atoms with Gasteiger partial charge >= 0.3 is 6.09 Å². The van der Waals surface area contributed by atoms with Gasteiger partial charge in [-0.15, -0.1) is 0 Å². The molecule has 0 bridgehead atoms. The second kappa shape index (κ2) is 8.38. The number of benzene rings is 2. The van der Waals surface area contributed by atoms with E-state index >= 15 is 0 Å². The van der Waals surface area contributed by atoms with Crippen molar-refractivity contribution in [2.24, 2.45) is 0 Å². The smallest absolute Gasteiger partial charge is 0.410 e. The van der Waals surface area contributed by atoms with Gasteiger partial charge in [-0.3, -0.25) is 9.69 Å². The van der Waals surface area contributed by atoms with Gasteiger partial charge < -0.3 is 15.4 Å². The molecule has 2 amide bonds. The largest absolute Gasteiger partial charge is 0.445 e. The van der Waals surface area contributed by atoms with Crippen molar-refractivity contribution < 1.29 is 14.3 Å². The summed E-state index contributed by atoms with van der Waals surface area (Å²) in [5.74, 6) is -0.193. The number of hydrogen-bond donors (Lipinski definition) is 2. The Morgan fingerprint density at radius 2 is 1.77 bits per heavy atom. The Bertz CT molecular complexity index is 764. The predicted molar refractivity (Wildman–Crippen MR) is 101 cm³/mol. The van der Waals surface area contributed by atoms with Gasteiger partial charge in [0.1, 0.15) is 12.6 Å². The molecule has 1 heterocycles. The number of rotatable bonds is 5. The molecule has 2 aromatic rings. The Morgan fingerprint density at radius 3 is 2.50 bits per heavy atom. The molecule has 0 saturated carbocycles. The Morgan fingerprint density at radius 1 is 1.08 bits per heavy atom. The van der Waals surface area contributed by atoms with E-state index in [-0.39, 0.29) is 12.5 Å². The van der Waals surface area contributed by atoms with Gasteiger partial charge in [0.15, 0.2) is 0 Å². The minimum Gasteiger partial charge on any atom is -0.445 e. The van der Waals surface area contributed by atoms with E-state index in [1.54, 1.807) is 7.05 Å². The molecular formula is C20H23N3O3. The number of likely N-dealkylation sites (tertiary alicyclic amines) is 1. The average molecular weight is 353 g/mol. The van der Waals surface area contributed by atoms with E-state index in [4.69, 9.17) is 4.74 Å². The van der Waals surface area contributed by atoms with Crippen LogP contribution in [0, 0.1) is 0 Å². The highest BCUT2D eigenvalue weighted by Gasteiger charge is 2.35. The number of nitrogens with one attached hydrogen (secondary N) is 2. The molecule has 2 N–H and O–H groups in total. The Labute approximate surface area is 153 Å². The molecule has 3 rings (SSSR count). The summed E-state index contributed by atoms with van der Waals surface area (Å²) in [7, 11) is 1.80. The number of nitrogens with zero attached hydrogens (tertiary/aromatic N) is 1. The van der Waals surface area contributed by atoms with E-state index in [9.17, 15) is 9.59 Å². The maximum atomic E-state index is 12.7. The molecule has 1 aliphatic rings. The molecule has 0 radical (unpaired) electrons. The second-order valence-corrected chi connectivity index (χ2v) is 6.18. The van der Waals surface area contributed by atoms with Gasteiger partial charge in [0.25, 0.3) is 0 Å². The molecule has 6 heteroatoms. The maximum Gasteiger partial charge on any atom is 0.410 e. The lowest BCUT2D eigenvalue weighted by Crippen LogP contribution is -2.43. The first-order chi connectivity index (χ1) is 12.7. The van der Waals surface area contributed by atoms with Crippen molar-refractivity contribution in [2.75, 3.05) is 24.2 Å². The van der Waals surface area contributed by atoms with Crippen molar-refractivity contribution in [3.05, 3.63) is 60.2 Å². The molecule has 1 saturated heterocycles. The molecule has 1 fully saturated rings. The van der Waals surface area contributed by atoms with E-state index < -0.39 is 12.1 Å². The number of carbonyl (C=O) groups excluding carboxylic acids is 2. The number of carbonyl (C=O) groups is 2. The third kappa shape index (κ3) is 4.14. The summed E-state index contributed by atoms with van der Waals surface area (Å²) in [4.78, 5) is 26.6. The summed E-state index contributed by atoms with van der Waals surface area (Å²) in [5.41, 5.74) is 2.45. The third-order valence-electron chi connectivity index (χ3n) is 4.45. The predicted octanol–water partition coefficient (Wildman–Crippen LogP) is 3.47. The molecule has 0 aliphatic carbocycles. The third-order valence-corrected chi connectivity index (χ3v) is 4.45. The molecule has 6 nitrogen and oxygen atoms in total. The van der Waals surface area contributed by atoms with Crippen LogP contribution in [0.1, 0.15) is 18.4 Å². The van der Waals surface area contributed by atoms with Crippen LogP contribution in [0.3, 0.4) is 0 Å². The standard InChI is InChI=1S/C20H23N3O3/c1-21-16-10-5-6-11-17(16)22-19(24)18-12-7-13-23(18)20(25)26-14-15-8-3-2-4-9-15/h2-6,8-11,18,21H,7,12-14H2,1H3,(H,22,24)/t18-/m0/s1. The zero-order valence-corrected chi connectivity index (χ0v) is 14.8. The van der Waals surface area contributed by atoms with Crippen molar-refractivity contribution in [1.29, 1.82) is 0 Å². The molecule has 136 valence electrons. The fourth-order valence-corrected chi connectivity index (χ4v) is 3.09. The van der Waals surface area contributed by atoms with E-state index in [0.717, 1.165) is 17.7 Å². The van der Waals surface area contributed by atoms with Crippen molar-refractivity contribution >= 4 is 23.4 Å². The molecule has 1 aliphatic heterocycles. The first-order valence-electron chi connectivity index (χ1n) is 8.74. The fraction of sp³-hybridized carbons (Fsp3) is 0.300. The maximum absolute atomic E-state index is 12.7. The number of amides is 2. The number of ether oxygens (including phenoxy) is 1. The summed E-state index contributed by atoms with van der Waals surface area (Å²) < 4.78 is 5.38. The molecule has 1 atom stereocenters. The monoisotopic (exact) mass is 353 g/mol. The highest BCUT2D eigenvalue weighted by Crippen LogP contribution is 2.24. The SMILES string of the molecule is CNc1ccccc1NC(=O)[C@@H]1CCCN1C(=O)OCc1ccccc1. The van der Waals surface area contributed by atoms with Gasteiger partial charge in [0.2, 0.25) is 5.91 Å². The second-order valence-electron chi connectivity index (χ2n) is 6.18. The average Bonchev–Trinajstić information content (AvgIpc) is 3.17. The zero-order chi connectivity index (χ0) is 18.4. The first-order valence-corrected chi connectivity index (χ1v) is 8.74. The fourth-order valence-electron chi connectivity index (χ4n) is 3.09. The minimum atomic E-state index is -0.511. The van der Waals surface area contributed by atoms with Gasteiger partial charge in [-0.1, -0.05) is 42.5 Å². The number of anilines is 2. The van der Waals surface area contributed by atoms with E-state index in [1.807, 2.05) is 54.6 Å². The van der Waals surface area contributed by atoms with Crippen molar-refractivity contribution in [2.45, 2.75) is 25.5 Å². The van der Waals surface area contributed by atoms with E-state index in [0.29, 0.717) is 18.7 Å². The van der Waals surface area contributed by atoms with Crippen LogP contribution < -0.4 is 10.6 Å². The van der Waals surface area contributed by atoms with Crippen LogP contribution >= 0.6 is 0 Å². The minimum absolute atomic E-state index is 0.193. The molecule has 0 aromatic heterocycles. The highest BCUT2D eigenvalue weighted by atomic mass is 16.6. The Kier molecular flexibility index (Phi) is 5.73. The van der Waals surface area contributed by atoms with Crippen molar-refractivity contribution in [3.8, 4) is 0 Å². The van der Waals surface area contributed by atoms with Gasteiger partial charge in [-0.2, -0.15) is 0 Å². The van der Waals surface area contributed by atoms with E-state index in [2.05, 4.69) is 10.6 Å². The van der Waals surface area contributed by atoms with Gasteiger partial charge in [-0.25, -0.2) is 4.79 Å². The number of hydrogen-bond acceptors (Lipinski definition) is 4. The van der Waals surface area contributed by atoms with Crippen molar-refractivity contribution in [1.82, 2.24) is 4.90 Å². The molecule has 0 unspecified atom stereocenters. The lowest BCUT2D eigenvalue weighted by Gasteiger charge is -2.23. The molecule has 2 aromatic carbocycles. The normalized spacial score (nSPS) is 16.2. The van der Waals surface area contributed by atoms with Gasteiger partial charge in [0.05, 0.1) is 11.4 Å². The van der Waals surface area contributed by atoms with Gasteiger partial charge in [0, 0.05) is 13.6 Å². The van der Waals surface area contributed by atoms with Crippen LogP contribution in [0.4, 0.5) is 16.2 Å². The van der Waals surface area contributed by atoms with E-state index in [1.165, 1.54) is 4.90 Å². The Hall–Kier alpha value is -3.02. The van der Waals surface area contributed by atoms with Gasteiger partial charge in [-0.05, 0) is 30.5 Å². The lowest BCUT2D eigenvalue weighted by molar-refractivity contribution is -0.120. The molecule has 26 heavy (non-hydrogen) atoms. The summed E-state index contributed by atoms with van der Waals surface area (Å²) in [6.45, 7) is 0.729. The topological polar surface area (TPSA) is 70.7 Å². The van der Waals surface area contributed by atoms with Crippen LogP contribution in [-0.4, -0.2) is 36.5 Å². The van der Waals surface area contributed by atoms with Crippen molar-refractivity contribution in [3.63, 3.8) is 0 Å². The summed E-state index contributed by atoms with van der Waals surface area (Å²) in [6.07, 6.45) is 0.966. The summed E-state index contributed by atoms with van der Waals surface area (Å²) in [5, 5.41) is 5.96. The van der Waals surface area contributed by atoms with Crippen LogP contribution in [0.5, 0.6) is 0 Å². The summed E-state index contributed by atoms with van der Waals surface area (Å²) in [6, 6.07) is 16.5. The molecular weight excluding hydrogens is 330 g/mol. The molecule has 0 spiro atoms. The van der Waals surface area contributed by atoms with Crippen LogP contribution in [0.25, 0.3) is 0 Å². The van der Waals surface area contributed by atoms with Crippen LogP contribution in [0.2, 0.25) is 0 Å².